The van der Waals surface area contributed by atoms with Gasteiger partial charge in [0.15, 0.2) is 0 Å². The summed E-state index contributed by atoms with van der Waals surface area (Å²) in [5.74, 6) is -0.768. The highest BCUT2D eigenvalue weighted by Crippen LogP contribution is 2.57. The van der Waals surface area contributed by atoms with Crippen molar-refractivity contribution in [1.82, 2.24) is 24.9 Å². The van der Waals surface area contributed by atoms with Crippen molar-refractivity contribution in [2.45, 2.75) is 37.3 Å². The lowest BCUT2D eigenvalue weighted by molar-refractivity contribution is -0.139. The molecule has 3 fully saturated rings. The van der Waals surface area contributed by atoms with E-state index in [1.807, 2.05) is 24.3 Å². The van der Waals surface area contributed by atoms with Crippen molar-refractivity contribution < 1.29 is 14.4 Å². The van der Waals surface area contributed by atoms with Gasteiger partial charge >= 0.3 is 0 Å². The first kappa shape index (κ1) is 22.5. The minimum atomic E-state index is -0.971. The van der Waals surface area contributed by atoms with E-state index in [-0.39, 0.29) is 23.8 Å². The molecule has 3 atom stereocenters. The number of carbonyl (C=O) groups is 3. The third-order valence-electron chi connectivity index (χ3n) is 8.22. The van der Waals surface area contributed by atoms with Crippen LogP contribution >= 0.6 is 11.6 Å². The molecular formula is C25H29ClN6O3. The minimum Gasteiger partial charge on any atom is -0.356 e. The molecule has 184 valence electrons. The number of carbonyl (C=O) groups excluding carboxylic acids is 3. The Bertz CT molecular complexity index is 1190. The van der Waals surface area contributed by atoms with Crippen LogP contribution in [0.25, 0.3) is 0 Å². The van der Waals surface area contributed by atoms with E-state index >= 15 is 0 Å². The lowest BCUT2D eigenvalue weighted by Crippen LogP contribution is -2.57. The van der Waals surface area contributed by atoms with Crippen LogP contribution in [0.15, 0.2) is 30.5 Å². The number of aromatic nitrogens is 2. The first-order valence-electron chi connectivity index (χ1n) is 12.4. The number of fused-ring (bicyclic) bond motifs is 4. The van der Waals surface area contributed by atoms with E-state index in [4.69, 9.17) is 11.6 Å². The van der Waals surface area contributed by atoms with Gasteiger partial charge in [0.25, 0.3) is 11.8 Å². The second kappa shape index (κ2) is 8.34. The molecule has 3 amide bonds. The highest BCUT2D eigenvalue weighted by Gasteiger charge is 2.67. The number of aryl methyl sites for hydroxylation is 1. The average Bonchev–Trinajstić information content (AvgIpc) is 3.57. The number of anilines is 1. The number of halogens is 1. The normalized spacial score (nSPS) is 28.7. The van der Waals surface area contributed by atoms with Gasteiger partial charge in [-0.05, 0) is 38.3 Å². The van der Waals surface area contributed by atoms with Crippen LogP contribution in [0, 0.1) is 5.92 Å². The monoisotopic (exact) mass is 496 g/mol. The van der Waals surface area contributed by atoms with Crippen LogP contribution in [0.2, 0.25) is 5.02 Å². The molecule has 2 bridgehead atoms. The average molecular weight is 497 g/mol. The fourth-order valence-electron chi connectivity index (χ4n) is 6.72. The SMILES string of the molecule is Cn1ncc(Cl)c1C(=O)N1CCCNC(=O)[C@@H]2C[C@@H]3CCCN3[C@@]23C(=O)N(CC1)c1ccccc13. The van der Waals surface area contributed by atoms with Crippen LogP contribution in [-0.4, -0.2) is 76.1 Å². The van der Waals surface area contributed by atoms with Crippen LogP contribution in [0.5, 0.6) is 0 Å². The highest BCUT2D eigenvalue weighted by atomic mass is 35.5. The van der Waals surface area contributed by atoms with Gasteiger partial charge in [0.05, 0.1) is 17.1 Å². The van der Waals surface area contributed by atoms with Crippen LogP contribution < -0.4 is 10.2 Å². The Kier molecular flexibility index (Phi) is 5.37. The van der Waals surface area contributed by atoms with E-state index in [1.54, 1.807) is 16.8 Å². The van der Waals surface area contributed by atoms with Crippen molar-refractivity contribution in [3.05, 3.63) is 46.7 Å². The molecule has 1 spiro atoms. The standard InChI is InChI=1S/C25H29ClN6O3/c1-29-21(19(26)15-28-29)23(34)30-10-5-9-27-22(33)18-14-16-6-4-11-32(16)25(18)17-7-2-3-8-20(17)31(13-12-30)24(25)35/h2-3,7-8,15-16,18H,4-6,9-14H2,1H3,(H,27,33)/t16-,18-,25+/m0/s1. The molecule has 4 aliphatic rings. The summed E-state index contributed by atoms with van der Waals surface area (Å²) in [5, 5.41) is 7.49. The van der Waals surface area contributed by atoms with Gasteiger partial charge in [-0.1, -0.05) is 29.8 Å². The fraction of sp³-hybridized carbons (Fsp3) is 0.520. The van der Waals surface area contributed by atoms with E-state index in [0.29, 0.717) is 49.7 Å². The lowest BCUT2D eigenvalue weighted by atomic mass is 9.78. The molecule has 0 saturated carbocycles. The number of amides is 3. The maximum absolute atomic E-state index is 14.4. The minimum absolute atomic E-state index is 0.0465. The number of para-hydroxylation sites is 1. The number of nitrogens with one attached hydrogen (secondary N) is 1. The van der Waals surface area contributed by atoms with E-state index in [0.717, 1.165) is 30.6 Å². The maximum atomic E-state index is 14.4. The van der Waals surface area contributed by atoms with E-state index < -0.39 is 11.5 Å². The second-order valence-electron chi connectivity index (χ2n) is 9.92. The molecule has 6 rings (SSSR count). The van der Waals surface area contributed by atoms with Gasteiger partial charge in [-0.3, -0.25) is 24.0 Å². The molecule has 1 aromatic heterocycles. The summed E-state index contributed by atoms with van der Waals surface area (Å²) in [6.07, 6.45) is 4.81. The fourth-order valence-corrected chi connectivity index (χ4v) is 6.97. The van der Waals surface area contributed by atoms with Gasteiger partial charge in [-0.15, -0.1) is 0 Å². The molecule has 2 aromatic rings. The number of benzene rings is 1. The van der Waals surface area contributed by atoms with E-state index in [1.165, 1.54) is 10.9 Å². The van der Waals surface area contributed by atoms with Gasteiger partial charge in [-0.25, -0.2) is 0 Å². The number of rotatable bonds is 1. The third kappa shape index (κ3) is 3.17. The van der Waals surface area contributed by atoms with Crippen LogP contribution in [0.4, 0.5) is 5.69 Å². The number of nitrogens with zero attached hydrogens (tertiary/aromatic N) is 5. The lowest BCUT2D eigenvalue weighted by Gasteiger charge is -2.38. The molecule has 35 heavy (non-hydrogen) atoms. The predicted octanol–water partition coefficient (Wildman–Crippen LogP) is 1.76. The topological polar surface area (TPSA) is 90.8 Å². The summed E-state index contributed by atoms with van der Waals surface area (Å²) < 4.78 is 1.48. The summed E-state index contributed by atoms with van der Waals surface area (Å²) in [6, 6.07) is 8.09. The molecule has 5 heterocycles. The molecule has 10 heteroatoms. The summed E-state index contributed by atoms with van der Waals surface area (Å²) in [6.45, 7) is 2.41. The first-order valence-corrected chi connectivity index (χ1v) is 12.7. The van der Waals surface area contributed by atoms with Crippen LogP contribution in [0.3, 0.4) is 0 Å². The van der Waals surface area contributed by atoms with Gasteiger partial charge in [0, 0.05) is 50.5 Å². The smallest absolute Gasteiger partial charge is 0.273 e. The largest absolute Gasteiger partial charge is 0.356 e. The predicted molar refractivity (Wildman–Crippen MR) is 130 cm³/mol. The number of hydrogen-bond donors (Lipinski definition) is 1. The zero-order valence-electron chi connectivity index (χ0n) is 19.7. The van der Waals surface area contributed by atoms with Gasteiger partial charge in [-0.2, -0.15) is 5.10 Å². The molecular weight excluding hydrogens is 468 g/mol. The summed E-state index contributed by atoms with van der Waals surface area (Å²) >= 11 is 6.26. The van der Waals surface area contributed by atoms with Crippen molar-refractivity contribution in [3.8, 4) is 0 Å². The highest BCUT2D eigenvalue weighted by molar-refractivity contribution is 6.33. The second-order valence-corrected chi connectivity index (χ2v) is 10.3. The van der Waals surface area contributed by atoms with Crippen molar-refractivity contribution in [3.63, 3.8) is 0 Å². The van der Waals surface area contributed by atoms with E-state index in [9.17, 15) is 14.4 Å². The molecule has 4 aliphatic heterocycles. The Morgan fingerprint density at radius 2 is 1.97 bits per heavy atom. The summed E-state index contributed by atoms with van der Waals surface area (Å²) in [5.41, 5.74) is 1.11. The Labute approximate surface area is 209 Å². The third-order valence-corrected chi connectivity index (χ3v) is 8.49. The quantitative estimate of drug-likeness (QED) is 0.649. The molecule has 0 radical (unpaired) electrons. The Morgan fingerprint density at radius 3 is 2.77 bits per heavy atom. The molecule has 3 saturated heterocycles. The van der Waals surface area contributed by atoms with Crippen LogP contribution in [0.1, 0.15) is 41.7 Å². The molecule has 1 N–H and O–H groups in total. The van der Waals surface area contributed by atoms with E-state index in [2.05, 4.69) is 15.3 Å². The van der Waals surface area contributed by atoms with Crippen molar-refractivity contribution in [2.24, 2.45) is 13.0 Å². The Morgan fingerprint density at radius 1 is 1.14 bits per heavy atom. The van der Waals surface area contributed by atoms with Gasteiger partial charge in [0.2, 0.25) is 5.91 Å². The zero-order chi connectivity index (χ0) is 24.3. The summed E-state index contributed by atoms with van der Waals surface area (Å²) in [4.78, 5) is 47.1. The Hall–Kier alpha value is -2.91. The molecule has 1 aromatic carbocycles. The number of hydrogen-bond acceptors (Lipinski definition) is 5. The first-order chi connectivity index (χ1) is 16.9. The van der Waals surface area contributed by atoms with Gasteiger partial charge in [0.1, 0.15) is 11.2 Å². The summed E-state index contributed by atoms with van der Waals surface area (Å²) in [7, 11) is 1.69. The van der Waals surface area contributed by atoms with Crippen LogP contribution in [-0.2, 0) is 22.2 Å². The molecule has 0 unspecified atom stereocenters. The molecule has 0 aliphatic carbocycles. The van der Waals surface area contributed by atoms with Crippen molar-refractivity contribution in [1.29, 1.82) is 0 Å². The van der Waals surface area contributed by atoms with Gasteiger partial charge < -0.3 is 15.1 Å². The van der Waals surface area contributed by atoms with Crippen molar-refractivity contribution in [2.75, 3.05) is 37.6 Å². The zero-order valence-corrected chi connectivity index (χ0v) is 20.5. The molecule has 9 nitrogen and oxygen atoms in total. The maximum Gasteiger partial charge on any atom is 0.273 e. The Balaban J connectivity index is 1.41. The van der Waals surface area contributed by atoms with Crippen molar-refractivity contribution >= 4 is 35.0 Å².